The predicted molar refractivity (Wildman–Crippen MR) is 70.8 cm³/mol. The number of amides is 1. The highest BCUT2D eigenvalue weighted by Gasteiger charge is 2.42. The normalized spacial score (nSPS) is 27.9. The SMILES string of the molecule is CCCN(CCNC(=O)CC)C1CC[C@]1(C)N. The maximum Gasteiger partial charge on any atom is 0.219 e. The lowest BCUT2D eigenvalue weighted by molar-refractivity contribution is -0.120. The fourth-order valence-corrected chi connectivity index (χ4v) is 2.50. The Kier molecular flexibility index (Phi) is 5.40. The van der Waals surface area contributed by atoms with E-state index in [0.29, 0.717) is 12.5 Å². The van der Waals surface area contributed by atoms with E-state index >= 15 is 0 Å². The summed E-state index contributed by atoms with van der Waals surface area (Å²) >= 11 is 0. The molecular weight excluding hydrogens is 214 g/mol. The van der Waals surface area contributed by atoms with Gasteiger partial charge in [0.05, 0.1) is 0 Å². The van der Waals surface area contributed by atoms with Gasteiger partial charge in [-0.15, -0.1) is 0 Å². The molecule has 0 aromatic heterocycles. The van der Waals surface area contributed by atoms with Crippen LogP contribution >= 0.6 is 0 Å². The number of hydrogen-bond acceptors (Lipinski definition) is 3. The zero-order valence-corrected chi connectivity index (χ0v) is 11.5. The van der Waals surface area contributed by atoms with E-state index in [1.54, 1.807) is 0 Å². The predicted octanol–water partition coefficient (Wildman–Crippen LogP) is 1.10. The fourth-order valence-electron chi connectivity index (χ4n) is 2.50. The van der Waals surface area contributed by atoms with Crippen molar-refractivity contribution in [2.24, 2.45) is 5.73 Å². The van der Waals surface area contributed by atoms with Crippen molar-refractivity contribution in [3.63, 3.8) is 0 Å². The van der Waals surface area contributed by atoms with Gasteiger partial charge in [0, 0.05) is 31.1 Å². The first-order chi connectivity index (χ1) is 8.01. The molecule has 100 valence electrons. The van der Waals surface area contributed by atoms with Crippen LogP contribution in [0.5, 0.6) is 0 Å². The third-order valence-corrected chi connectivity index (χ3v) is 3.71. The van der Waals surface area contributed by atoms with Gasteiger partial charge in [0.1, 0.15) is 0 Å². The van der Waals surface area contributed by atoms with Crippen LogP contribution in [0.25, 0.3) is 0 Å². The number of nitrogens with one attached hydrogen (secondary N) is 1. The lowest BCUT2D eigenvalue weighted by Crippen LogP contribution is -2.64. The monoisotopic (exact) mass is 241 g/mol. The summed E-state index contributed by atoms with van der Waals surface area (Å²) in [6.07, 6.45) is 3.99. The number of carbonyl (C=O) groups excluding carboxylic acids is 1. The number of carbonyl (C=O) groups is 1. The van der Waals surface area contributed by atoms with Crippen molar-refractivity contribution < 1.29 is 4.79 Å². The Balaban J connectivity index is 2.36. The third-order valence-electron chi connectivity index (χ3n) is 3.71. The standard InChI is InChI=1S/C13H27N3O/c1-4-9-16(10-8-15-12(17)5-2)11-6-7-13(11,3)14/h11H,4-10,14H2,1-3H3,(H,15,17)/t11?,13-/m0/s1. The smallest absolute Gasteiger partial charge is 0.219 e. The molecule has 1 amide bonds. The second-order valence-corrected chi connectivity index (χ2v) is 5.30. The van der Waals surface area contributed by atoms with Gasteiger partial charge in [-0.2, -0.15) is 0 Å². The largest absolute Gasteiger partial charge is 0.355 e. The van der Waals surface area contributed by atoms with Crippen LogP contribution in [0.1, 0.15) is 46.5 Å². The van der Waals surface area contributed by atoms with Crippen LogP contribution in [0.2, 0.25) is 0 Å². The lowest BCUT2D eigenvalue weighted by Gasteiger charge is -2.50. The summed E-state index contributed by atoms with van der Waals surface area (Å²) in [4.78, 5) is 13.6. The van der Waals surface area contributed by atoms with E-state index in [4.69, 9.17) is 5.73 Å². The van der Waals surface area contributed by atoms with Gasteiger partial charge in [-0.05, 0) is 32.7 Å². The molecule has 0 heterocycles. The Labute approximate surface area is 105 Å². The van der Waals surface area contributed by atoms with Crippen LogP contribution in [0.15, 0.2) is 0 Å². The Morgan fingerprint density at radius 2 is 2.18 bits per heavy atom. The number of hydrogen-bond donors (Lipinski definition) is 2. The average Bonchev–Trinajstić information content (AvgIpc) is 2.27. The molecule has 1 aliphatic carbocycles. The van der Waals surface area contributed by atoms with E-state index in [0.717, 1.165) is 32.5 Å². The molecule has 1 saturated carbocycles. The van der Waals surface area contributed by atoms with Crippen LogP contribution < -0.4 is 11.1 Å². The summed E-state index contributed by atoms with van der Waals surface area (Å²) in [5.74, 6) is 0.130. The van der Waals surface area contributed by atoms with Gasteiger partial charge >= 0.3 is 0 Å². The van der Waals surface area contributed by atoms with Crippen molar-refractivity contribution in [2.45, 2.75) is 58.0 Å². The minimum Gasteiger partial charge on any atom is -0.355 e. The molecule has 0 bridgehead atoms. The third kappa shape index (κ3) is 3.96. The molecule has 0 radical (unpaired) electrons. The molecule has 0 aliphatic heterocycles. The van der Waals surface area contributed by atoms with E-state index in [-0.39, 0.29) is 11.4 Å². The van der Waals surface area contributed by atoms with Crippen molar-refractivity contribution in [3.05, 3.63) is 0 Å². The highest BCUT2D eigenvalue weighted by atomic mass is 16.1. The first-order valence-corrected chi connectivity index (χ1v) is 6.81. The molecule has 1 unspecified atom stereocenters. The average molecular weight is 241 g/mol. The molecule has 4 nitrogen and oxygen atoms in total. The zero-order valence-electron chi connectivity index (χ0n) is 11.5. The van der Waals surface area contributed by atoms with Gasteiger partial charge < -0.3 is 11.1 Å². The maximum atomic E-state index is 11.2. The van der Waals surface area contributed by atoms with E-state index in [9.17, 15) is 4.79 Å². The summed E-state index contributed by atoms with van der Waals surface area (Å²) < 4.78 is 0. The Hall–Kier alpha value is -0.610. The van der Waals surface area contributed by atoms with Crippen LogP contribution in [0, 0.1) is 0 Å². The van der Waals surface area contributed by atoms with Crippen molar-refractivity contribution in [1.82, 2.24) is 10.2 Å². The molecule has 1 fully saturated rings. The van der Waals surface area contributed by atoms with Crippen LogP contribution in [0.3, 0.4) is 0 Å². The van der Waals surface area contributed by atoms with Crippen LogP contribution in [-0.2, 0) is 4.79 Å². The highest BCUT2D eigenvalue weighted by Crippen LogP contribution is 2.33. The summed E-state index contributed by atoms with van der Waals surface area (Å²) in [6, 6.07) is 0.487. The molecule has 17 heavy (non-hydrogen) atoms. The van der Waals surface area contributed by atoms with E-state index in [1.165, 1.54) is 6.42 Å². The molecule has 1 rings (SSSR count). The highest BCUT2D eigenvalue weighted by molar-refractivity contribution is 5.75. The molecule has 2 atom stereocenters. The van der Waals surface area contributed by atoms with E-state index in [2.05, 4.69) is 24.1 Å². The Morgan fingerprint density at radius 3 is 2.59 bits per heavy atom. The van der Waals surface area contributed by atoms with Gasteiger partial charge in [-0.1, -0.05) is 13.8 Å². The molecule has 3 N–H and O–H groups in total. The number of nitrogens with two attached hydrogens (primary N) is 1. The first-order valence-electron chi connectivity index (χ1n) is 6.81. The van der Waals surface area contributed by atoms with E-state index < -0.39 is 0 Å². The van der Waals surface area contributed by atoms with Gasteiger partial charge in [-0.3, -0.25) is 9.69 Å². The molecule has 0 aromatic carbocycles. The summed E-state index contributed by atoms with van der Waals surface area (Å²) in [7, 11) is 0. The van der Waals surface area contributed by atoms with Gasteiger partial charge in [0.25, 0.3) is 0 Å². The number of nitrogens with zero attached hydrogens (tertiary/aromatic N) is 1. The topological polar surface area (TPSA) is 58.4 Å². The minimum atomic E-state index is -0.0378. The maximum absolute atomic E-state index is 11.2. The summed E-state index contributed by atoms with van der Waals surface area (Å²) in [5, 5.41) is 2.93. The van der Waals surface area contributed by atoms with E-state index in [1.807, 2.05) is 6.92 Å². The zero-order chi connectivity index (χ0) is 12.9. The van der Waals surface area contributed by atoms with Crippen LogP contribution in [-0.4, -0.2) is 42.0 Å². The molecule has 4 heteroatoms. The van der Waals surface area contributed by atoms with Gasteiger partial charge in [0.2, 0.25) is 5.91 Å². The van der Waals surface area contributed by atoms with Gasteiger partial charge in [0.15, 0.2) is 0 Å². The quantitative estimate of drug-likeness (QED) is 0.702. The molecule has 0 saturated heterocycles. The van der Waals surface area contributed by atoms with Gasteiger partial charge in [-0.25, -0.2) is 0 Å². The van der Waals surface area contributed by atoms with Crippen LogP contribution in [0.4, 0.5) is 0 Å². The minimum absolute atomic E-state index is 0.0378. The van der Waals surface area contributed by atoms with Crippen molar-refractivity contribution in [1.29, 1.82) is 0 Å². The summed E-state index contributed by atoms with van der Waals surface area (Å²) in [6.45, 7) is 8.91. The molecule has 1 aliphatic rings. The first kappa shape index (κ1) is 14.5. The second-order valence-electron chi connectivity index (χ2n) is 5.30. The fraction of sp³-hybridized carbons (Fsp3) is 0.923. The molecular formula is C13H27N3O. The van der Waals surface area contributed by atoms with Crippen molar-refractivity contribution >= 4 is 5.91 Å². The Morgan fingerprint density at radius 1 is 1.47 bits per heavy atom. The summed E-state index contributed by atoms with van der Waals surface area (Å²) in [5.41, 5.74) is 6.19. The Bertz CT molecular complexity index is 253. The second kappa shape index (κ2) is 6.36. The molecule has 0 spiro atoms. The number of rotatable bonds is 7. The lowest BCUT2D eigenvalue weighted by atomic mass is 9.73. The molecule has 0 aromatic rings. The van der Waals surface area contributed by atoms with Crippen molar-refractivity contribution in [3.8, 4) is 0 Å². The van der Waals surface area contributed by atoms with Crippen molar-refractivity contribution in [2.75, 3.05) is 19.6 Å².